The molecule has 0 spiro atoms. The molecular formula is C18H27NO2. The summed E-state index contributed by atoms with van der Waals surface area (Å²) in [5.74, 6) is -0.0159. The van der Waals surface area contributed by atoms with Crippen molar-refractivity contribution in [2.45, 2.75) is 64.3 Å². The van der Waals surface area contributed by atoms with Gasteiger partial charge in [0.15, 0.2) is 0 Å². The molecule has 0 heterocycles. The average Bonchev–Trinajstić information content (AvgIpc) is 2.66. The molecule has 116 valence electrons. The van der Waals surface area contributed by atoms with Crippen LogP contribution in [0.25, 0.3) is 0 Å². The first-order chi connectivity index (χ1) is 10.1. The summed E-state index contributed by atoms with van der Waals surface area (Å²) in [4.78, 5) is 11.9. The van der Waals surface area contributed by atoms with Gasteiger partial charge in [0.1, 0.15) is 5.54 Å². The van der Waals surface area contributed by atoms with Crippen LogP contribution in [0.1, 0.15) is 57.4 Å². The SMILES string of the molecule is CCCC1CCCC(Nc2ccccc2C)(C(=O)O)CC1. The van der Waals surface area contributed by atoms with Crippen molar-refractivity contribution in [1.82, 2.24) is 0 Å². The van der Waals surface area contributed by atoms with E-state index in [0.717, 1.165) is 36.9 Å². The van der Waals surface area contributed by atoms with E-state index in [0.29, 0.717) is 5.92 Å². The summed E-state index contributed by atoms with van der Waals surface area (Å²) >= 11 is 0. The molecule has 1 aromatic rings. The van der Waals surface area contributed by atoms with Crippen molar-refractivity contribution in [3.05, 3.63) is 29.8 Å². The molecule has 0 amide bonds. The van der Waals surface area contributed by atoms with Crippen molar-refractivity contribution in [1.29, 1.82) is 0 Å². The second-order valence-electron chi connectivity index (χ2n) is 6.41. The molecule has 2 atom stereocenters. The summed E-state index contributed by atoms with van der Waals surface area (Å²) in [5.41, 5.74) is 1.26. The summed E-state index contributed by atoms with van der Waals surface area (Å²) in [7, 11) is 0. The number of hydrogen-bond donors (Lipinski definition) is 2. The zero-order valence-corrected chi connectivity index (χ0v) is 13.2. The molecule has 1 saturated carbocycles. The molecule has 0 saturated heterocycles. The molecule has 0 aromatic heterocycles. The van der Waals surface area contributed by atoms with E-state index in [1.807, 2.05) is 31.2 Å². The van der Waals surface area contributed by atoms with E-state index in [2.05, 4.69) is 12.2 Å². The first-order valence-corrected chi connectivity index (χ1v) is 8.14. The van der Waals surface area contributed by atoms with E-state index in [9.17, 15) is 9.90 Å². The molecule has 1 fully saturated rings. The summed E-state index contributed by atoms with van der Waals surface area (Å²) in [6, 6.07) is 7.95. The molecule has 21 heavy (non-hydrogen) atoms. The quantitative estimate of drug-likeness (QED) is 0.778. The van der Waals surface area contributed by atoms with Gasteiger partial charge in [-0.2, -0.15) is 0 Å². The zero-order chi connectivity index (χ0) is 15.3. The number of carboxylic acids is 1. The molecule has 2 unspecified atom stereocenters. The Kier molecular flexibility index (Phi) is 5.27. The van der Waals surface area contributed by atoms with E-state index in [-0.39, 0.29) is 0 Å². The van der Waals surface area contributed by atoms with Crippen LogP contribution in [-0.2, 0) is 4.79 Å². The van der Waals surface area contributed by atoms with Crippen LogP contribution in [0.5, 0.6) is 0 Å². The van der Waals surface area contributed by atoms with Crippen LogP contribution < -0.4 is 5.32 Å². The van der Waals surface area contributed by atoms with Crippen molar-refractivity contribution in [2.75, 3.05) is 5.32 Å². The van der Waals surface area contributed by atoms with Gasteiger partial charge in [-0.25, -0.2) is 4.79 Å². The minimum absolute atomic E-state index is 0.690. The maximum Gasteiger partial charge on any atom is 0.329 e. The number of hydrogen-bond acceptors (Lipinski definition) is 2. The van der Waals surface area contributed by atoms with Crippen LogP contribution in [0.4, 0.5) is 5.69 Å². The Hall–Kier alpha value is -1.51. The van der Waals surface area contributed by atoms with E-state index < -0.39 is 11.5 Å². The third kappa shape index (κ3) is 3.78. The van der Waals surface area contributed by atoms with Crippen molar-refractivity contribution >= 4 is 11.7 Å². The molecule has 2 rings (SSSR count). The van der Waals surface area contributed by atoms with Crippen LogP contribution in [0.15, 0.2) is 24.3 Å². The molecule has 1 aromatic carbocycles. The molecule has 0 aliphatic heterocycles. The maximum atomic E-state index is 11.9. The van der Waals surface area contributed by atoms with Gasteiger partial charge in [0, 0.05) is 5.69 Å². The summed E-state index contributed by atoms with van der Waals surface area (Å²) in [6.07, 6.45) is 7.03. The lowest BCUT2D eigenvalue weighted by Crippen LogP contribution is -2.46. The van der Waals surface area contributed by atoms with Crippen molar-refractivity contribution in [2.24, 2.45) is 5.92 Å². The van der Waals surface area contributed by atoms with Gasteiger partial charge in [-0.3, -0.25) is 0 Å². The van der Waals surface area contributed by atoms with E-state index in [1.54, 1.807) is 0 Å². The molecule has 1 aliphatic rings. The normalized spacial score (nSPS) is 26.1. The number of nitrogens with one attached hydrogen (secondary N) is 1. The Bertz CT molecular complexity index is 486. The first kappa shape index (κ1) is 15.9. The van der Waals surface area contributed by atoms with Crippen LogP contribution in [0.3, 0.4) is 0 Å². The Labute approximate surface area is 127 Å². The van der Waals surface area contributed by atoms with Gasteiger partial charge in [-0.05, 0) is 43.7 Å². The fraction of sp³-hybridized carbons (Fsp3) is 0.611. The summed E-state index contributed by atoms with van der Waals surface area (Å²) < 4.78 is 0. The number of carboxylic acid groups (broad SMARTS) is 1. The Morgan fingerprint density at radius 1 is 1.33 bits per heavy atom. The fourth-order valence-electron chi connectivity index (χ4n) is 3.47. The maximum absolute atomic E-state index is 11.9. The zero-order valence-electron chi connectivity index (χ0n) is 13.2. The molecule has 3 nitrogen and oxygen atoms in total. The van der Waals surface area contributed by atoms with Crippen molar-refractivity contribution in [3.63, 3.8) is 0 Å². The molecule has 0 radical (unpaired) electrons. The minimum Gasteiger partial charge on any atom is -0.480 e. The highest BCUT2D eigenvalue weighted by atomic mass is 16.4. The summed E-state index contributed by atoms with van der Waals surface area (Å²) in [5, 5.41) is 13.2. The standard InChI is InChI=1S/C18H27NO2/c1-3-7-15-9-6-12-18(13-11-15,17(20)21)19-16-10-5-4-8-14(16)2/h4-5,8,10,15,19H,3,6-7,9,11-13H2,1-2H3,(H,20,21). The average molecular weight is 289 g/mol. The monoisotopic (exact) mass is 289 g/mol. The second-order valence-corrected chi connectivity index (χ2v) is 6.41. The summed E-state index contributed by atoms with van der Waals surface area (Å²) in [6.45, 7) is 4.23. The number of aliphatic carboxylic acids is 1. The van der Waals surface area contributed by atoms with Crippen LogP contribution >= 0.6 is 0 Å². The van der Waals surface area contributed by atoms with Crippen molar-refractivity contribution < 1.29 is 9.90 Å². The van der Waals surface area contributed by atoms with Crippen molar-refractivity contribution in [3.8, 4) is 0 Å². The van der Waals surface area contributed by atoms with Gasteiger partial charge in [0.2, 0.25) is 0 Å². The van der Waals surface area contributed by atoms with Crippen LogP contribution in [0.2, 0.25) is 0 Å². The number of para-hydroxylation sites is 1. The third-order valence-corrected chi connectivity index (χ3v) is 4.82. The van der Waals surface area contributed by atoms with Gasteiger partial charge in [0.05, 0.1) is 0 Å². The number of aryl methyl sites for hydroxylation is 1. The first-order valence-electron chi connectivity index (χ1n) is 8.14. The predicted molar refractivity (Wildman–Crippen MR) is 86.7 cm³/mol. The fourth-order valence-corrected chi connectivity index (χ4v) is 3.47. The lowest BCUT2D eigenvalue weighted by molar-refractivity contribution is -0.142. The van der Waals surface area contributed by atoms with E-state index in [1.165, 1.54) is 19.3 Å². The van der Waals surface area contributed by atoms with Gasteiger partial charge >= 0.3 is 5.97 Å². The smallest absolute Gasteiger partial charge is 0.329 e. The highest BCUT2D eigenvalue weighted by Gasteiger charge is 2.40. The predicted octanol–water partition coefficient (Wildman–Crippen LogP) is 4.61. The van der Waals surface area contributed by atoms with E-state index >= 15 is 0 Å². The highest BCUT2D eigenvalue weighted by molar-refractivity contribution is 5.83. The Morgan fingerprint density at radius 2 is 2.10 bits per heavy atom. The topological polar surface area (TPSA) is 49.3 Å². The van der Waals surface area contributed by atoms with Gasteiger partial charge in [-0.1, -0.05) is 50.8 Å². The lowest BCUT2D eigenvalue weighted by Gasteiger charge is -2.31. The van der Waals surface area contributed by atoms with Crippen LogP contribution in [-0.4, -0.2) is 16.6 Å². The number of anilines is 1. The largest absolute Gasteiger partial charge is 0.480 e. The van der Waals surface area contributed by atoms with Crippen LogP contribution in [0, 0.1) is 12.8 Å². The van der Waals surface area contributed by atoms with Gasteiger partial charge in [-0.15, -0.1) is 0 Å². The van der Waals surface area contributed by atoms with Gasteiger partial charge < -0.3 is 10.4 Å². The molecule has 1 aliphatic carbocycles. The number of rotatable bonds is 5. The Morgan fingerprint density at radius 3 is 2.76 bits per heavy atom. The second kappa shape index (κ2) is 6.97. The molecule has 2 N–H and O–H groups in total. The van der Waals surface area contributed by atoms with Gasteiger partial charge in [0.25, 0.3) is 0 Å². The Balaban J connectivity index is 2.17. The number of carbonyl (C=O) groups is 1. The molecular weight excluding hydrogens is 262 g/mol. The number of benzene rings is 1. The van der Waals surface area contributed by atoms with E-state index in [4.69, 9.17) is 0 Å². The third-order valence-electron chi connectivity index (χ3n) is 4.82. The minimum atomic E-state index is -0.797. The molecule has 3 heteroatoms. The molecule has 0 bridgehead atoms. The lowest BCUT2D eigenvalue weighted by atomic mass is 9.88. The highest BCUT2D eigenvalue weighted by Crippen LogP contribution is 2.35.